The molecule has 3 heterocycles. The van der Waals surface area contributed by atoms with Crippen molar-refractivity contribution >= 4 is 27.1 Å². The quantitative estimate of drug-likeness (QED) is 0.643. The second kappa shape index (κ2) is 7.08. The van der Waals surface area contributed by atoms with Crippen LogP contribution in [-0.2, 0) is 16.6 Å². The van der Waals surface area contributed by atoms with Gasteiger partial charge in [0.1, 0.15) is 17.8 Å². The second-order valence-electron chi connectivity index (χ2n) is 7.79. The number of fused-ring (bicyclic) bond motifs is 1. The molecule has 0 radical (unpaired) electrons. The van der Waals surface area contributed by atoms with Crippen molar-refractivity contribution in [3.63, 3.8) is 0 Å². The zero-order valence-electron chi connectivity index (χ0n) is 16.1. The first-order valence-electron chi connectivity index (χ1n) is 9.92. The van der Waals surface area contributed by atoms with Gasteiger partial charge in [0.05, 0.1) is 10.9 Å². The number of hydrogen-bond acceptors (Lipinski definition) is 5. The average Bonchev–Trinajstić information content (AvgIpc) is 3.29. The van der Waals surface area contributed by atoms with E-state index in [0.717, 1.165) is 35.3 Å². The smallest absolute Gasteiger partial charge is 0.280 e. The number of nitrogens with one attached hydrogen (secondary N) is 2. The molecule has 1 spiro atoms. The van der Waals surface area contributed by atoms with Crippen LogP contribution in [0.25, 0.3) is 11.0 Å². The maximum absolute atomic E-state index is 13.0. The van der Waals surface area contributed by atoms with Crippen LogP contribution < -0.4 is 9.62 Å². The summed E-state index contributed by atoms with van der Waals surface area (Å²) in [7, 11) is -3.52. The molecule has 2 N–H and O–H groups in total. The van der Waals surface area contributed by atoms with Crippen LogP contribution >= 0.6 is 0 Å². The number of aromatic amines is 1. The molecular weight excluding hydrogens is 388 g/mol. The van der Waals surface area contributed by atoms with Crippen LogP contribution in [0.5, 0.6) is 0 Å². The monoisotopic (exact) mass is 412 g/mol. The van der Waals surface area contributed by atoms with Crippen molar-refractivity contribution in [2.45, 2.75) is 24.8 Å². The Bertz CT molecular complexity index is 1110. The van der Waals surface area contributed by atoms with Gasteiger partial charge in [0, 0.05) is 32.4 Å². The number of rotatable bonds is 6. The Hall–Kier alpha value is -2.49. The van der Waals surface area contributed by atoms with E-state index in [1.165, 1.54) is 0 Å². The fraction of sp³-hybridized carbons (Fsp3) is 0.400. The number of hydrogen-bond donors (Lipinski definition) is 2. The van der Waals surface area contributed by atoms with Gasteiger partial charge in [0.15, 0.2) is 0 Å². The highest BCUT2D eigenvalue weighted by molar-refractivity contribution is 7.87. The molecule has 1 aliphatic heterocycles. The van der Waals surface area contributed by atoms with Crippen molar-refractivity contribution in [3.05, 3.63) is 54.5 Å². The van der Waals surface area contributed by atoms with Gasteiger partial charge in [-0.05, 0) is 30.9 Å². The molecular formula is C20H24N6O2S. The van der Waals surface area contributed by atoms with E-state index in [2.05, 4.69) is 24.6 Å². The maximum Gasteiger partial charge on any atom is 0.280 e. The van der Waals surface area contributed by atoms with Crippen LogP contribution in [0.1, 0.15) is 18.4 Å². The maximum atomic E-state index is 13.0. The molecule has 0 amide bonds. The van der Waals surface area contributed by atoms with Gasteiger partial charge >= 0.3 is 0 Å². The zero-order valence-corrected chi connectivity index (χ0v) is 16.9. The number of piperazine rings is 1. The van der Waals surface area contributed by atoms with E-state index in [1.54, 1.807) is 10.6 Å². The minimum atomic E-state index is -3.52. The van der Waals surface area contributed by atoms with Gasteiger partial charge in [-0.15, -0.1) is 0 Å². The largest absolute Gasteiger partial charge is 0.353 e. The molecule has 0 atom stereocenters. The summed E-state index contributed by atoms with van der Waals surface area (Å²) in [5.74, 6) is 0.872. The molecule has 0 bridgehead atoms. The highest BCUT2D eigenvalue weighted by atomic mass is 32.2. The van der Waals surface area contributed by atoms with E-state index in [0.29, 0.717) is 32.6 Å². The standard InChI is InChI=1S/C20H24N6O2S/c27-29(28,24-11-6-16-4-2-1-3-5-16)26-13-12-25(14-20(26)8-9-20)19-17-7-10-21-18(17)22-15-23-19/h1-5,7,10,15,24H,6,8-9,11-14H2,(H,21,22,23). The Labute approximate surface area is 170 Å². The van der Waals surface area contributed by atoms with Gasteiger partial charge in [0.25, 0.3) is 10.2 Å². The predicted octanol–water partition coefficient (Wildman–Crippen LogP) is 1.69. The fourth-order valence-corrected chi connectivity index (χ4v) is 5.82. The Morgan fingerprint density at radius 1 is 1.10 bits per heavy atom. The van der Waals surface area contributed by atoms with E-state index < -0.39 is 10.2 Å². The third-order valence-corrected chi connectivity index (χ3v) is 7.60. The van der Waals surface area contributed by atoms with E-state index >= 15 is 0 Å². The molecule has 29 heavy (non-hydrogen) atoms. The summed E-state index contributed by atoms with van der Waals surface area (Å²) in [5, 5.41) is 0.973. The van der Waals surface area contributed by atoms with Crippen LogP contribution in [0.4, 0.5) is 5.82 Å². The zero-order chi connectivity index (χ0) is 19.9. The first-order valence-corrected chi connectivity index (χ1v) is 11.4. The minimum Gasteiger partial charge on any atom is -0.353 e. The number of H-pyrrole nitrogens is 1. The molecule has 0 unspecified atom stereocenters. The third kappa shape index (κ3) is 3.50. The minimum absolute atomic E-state index is 0.329. The summed E-state index contributed by atoms with van der Waals surface area (Å²) in [6.45, 7) is 2.12. The van der Waals surface area contributed by atoms with Crippen molar-refractivity contribution in [1.82, 2.24) is 24.0 Å². The molecule has 152 valence electrons. The Morgan fingerprint density at radius 2 is 1.93 bits per heavy atom. The van der Waals surface area contributed by atoms with Crippen molar-refractivity contribution in [3.8, 4) is 0 Å². The molecule has 8 nitrogen and oxygen atoms in total. The highest BCUT2D eigenvalue weighted by Crippen LogP contribution is 2.46. The second-order valence-corrected chi connectivity index (χ2v) is 9.47. The van der Waals surface area contributed by atoms with Gasteiger partial charge in [0.2, 0.25) is 0 Å². The first-order chi connectivity index (χ1) is 14.1. The number of aromatic nitrogens is 3. The van der Waals surface area contributed by atoms with E-state index in [1.807, 2.05) is 42.6 Å². The molecule has 2 aliphatic rings. The summed E-state index contributed by atoms with van der Waals surface area (Å²) in [6, 6.07) is 11.9. The lowest BCUT2D eigenvalue weighted by molar-refractivity contribution is 0.267. The highest BCUT2D eigenvalue weighted by Gasteiger charge is 2.56. The summed E-state index contributed by atoms with van der Waals surface area (Å²) in [5.41, 5.74) is 1.60. The topological polar surface area (TPSA) is 94.2 Å². The van der Waals surface area contributed by atoms with Crippen LogP contribution in [0.2, 0.25) is 0 Å². The van der Waals surface area contributed by atoms with Gasteiger partial charge in [-0.2, -0.15) is 12.7 Å². The van der Waals surface area contributed by atoms with Crippen LogP contribution in [0, 0.1) is 0 Å². The molecule has 1 saturated heterocycles. The number of benzene rings is 1. The number of anilines is 1. The predicted molar refractivity (Wildman–Crippen MR) is 112 cm³/mol. The lowest BCUT2D eigenvalue weighted by Gasteiger charge is -2.41. The van der Waals surface area contributed by atoms with Crippen LogP contribution in [0.15, 0.2) is 48.9 Å². The van der Waals surface area contributed by atoms with Gasteiger partial charge in [-0.3, -0.25) is 0 Å². The molecule has 3 aromatic rings. The average molecular weight is 413 g/mol. The summed E-state index contributed by atoms with van der Waals surface area (Å²) >= 11 is 0. The van der Waals surface area contributed by atoms with Crippen LogP contribution in [-0.4, -0.2) is 59.4 Å². The normalized spacial score (nSPS) is 19.1. The third-order valence-electron chi connectivity index (χ3n) is 5.88. The summed E-state index contributed by atoms with van der Waals surface area (Å²) in [4.78, 5) is 14.0. The first kappa shape index (κ1) is 18.5. The molecule has 1 aliphatic carbocycles. The van der Waals surface area contributed by atoms with Crippen molar-refractivity contribution in [1.29, 1.82) is 0 Å². The van der Waals surface area contributed by atoms with Crippen molar-refractivity contribution in [2.24, 2.45) is 0 Å². The molecule has 9 heteroatoms. The Balaban J connectivity index is 1.29. The van der Waals surface area contributed by atoms with E-state index in [9.17, 15) is 8.42 Å². The lowest BCUT2D eigenvalue weighted by Crippen LogP contribution is -2.59. The van der Waals surface area contributed by atoms with Crippen LogP contribution in [0.3, 0.4) is 0 Å². The Kier molecular flexibility index (Phi) is 4.53. The SMILES string of the molecule is O=S(=O)(NCCc1ccccc1)N1CCN(c2ncnc3[nH]ccc23)CC12CC2. The van der Waals surface area contributed by atoms with Gasteiger partial charge in [-0.25, -0.2) is 14.7 Å². The van der Waals surface area contributed by atoms with E-state index in [4.69, 9.17) is 0 Å². The van der Waals surface area contributed by atoms with E-state index in [-0.39, 0.29) is 5.54 Å². The molecule has 1 aromatic carbocycles. The van der Waals surface area contributed by atoms with Crippen molar-refractivity contribution < 1.29 is 8.42 Å². The molecule has 5 rings (SSSR count). The molecule has 2 fully saturated rings. The van der Waals surface area contributed by atoms with Crippen molar-refractivity contribution in [2.75, 3.05) is 31.1 Å². The van der Waals surface area contributed by atoms with Gasteiger partial charge < -0.3 is 9.88 Å². The fourth-order valence-electron chi connectivity index (χ4n) is 4.23. The molecule has 2 aromatic heterocycles. The van der Waals surface area contributed by atoms with Gasteiger partial charge in [-0.1, -0.05) is 30.3 Å². The molecule has 1 saturated carbocycles. The number of nitrogens with zero attached hydrogens (tertiary/aromatic N) is 4. The Morgan fingerprint density at radius 3 is 2.72 bits per heavy atom. The summed E-state index contributed by atoms with van der Waals surface area (Å²) in [6.07, 6.45) is 5.85. The summed E-state index contributed by atoms with van der Waals surface area (Å²) < 4.78 is 30.5. The lowest BCUT2D eigenvalue weighted by atomic mass is 10.2.